The first kappa shape index (κ1) is 12.4. The van der Waals surface area contributed by atoms with E-state index in [9.17, 15) is 27.6 Å². The largest absolute Gasteiger partial charge is 0.471 e. The van der Waals surface area contributed by atoms with Gasteiger partial charge in [-0.05, 0) is 6.92 Å². The van der Waals surface area contributed by atoms with Gasteiger partial charge in [-0.2, -0.15) is 13.2 Å². The van der Waals surface area contributed by atoms with Crippen molar-refractivity contribution in [1.82, 2.24) is 5.32 Å². The Kier molecular flexibility index (Phi) is 4.06. The second kappa shape index (κ2) is 4.58. The van der Waals surface area contributed by atoms with Crippen LogP contribution in [0.4, 0.5) is 13.2 Å². The molecule has 0 atom stereocenters. The molecule has 2 amide bonds. The van der Waals surface area contributed by atoms with Gasteiger partial charge in [-0.3, -0.25) is 14.9 Å². The Morgan fingerprint density at radius 2 is 1.79 bits per heavy atom. The number of alkyl halides is 3. The zero-order valence-corrected chi connectivity index (χ0v) is 6.97. The third kappa shape index (κ3) is 3.87. The number of hydrogen-bond donors (Lipinski definition) is 1. The Labute approximate surface area is 76.2 Å². The van der Waals surface area contributed by atoms with Crippen LogP contribution in [0.1, 0.15) is 6.92 Å². The van der Waals surface area contributed by atoms with Crippen molar-refractivity contribution in [3.63, 3.8) is 0 Å². The van der Waals surface area contributed by atoms with Crippen LogP contribution in [0.2, 0.25) is 0 Å². The van der Waals surface area contributed by atoms with Crippen LogP contribution in [0.3, 0.4) is 0 Å². The van der Waals surface area contributed by atoms with E-state index in [4.69, 9.17) is 0 Å². The first-order valence-electron chi connectivity index (χ1n) is 3.38. The van der Waals surface area contributed by atoms with Crippen LogP contribution < -0.4 is 5.32 Å². The minimum Gasteiger partial charge on any atom is -0.459 e. The van der Waals surface area contributed by atoms with E-state index in [-0.39, 0.29) is 6.61 Å². The summed E-state index contributed by atoms with van der Waals surface area (Å²) in [7, 11) is 0. The summed E-state index contributed by atoms with van der Waals surface area (Å²) in [6, 6.07) is 0. The molecule has 0 fully saturated rings. The lowest BCUT2D eigenvalue weighted by Crippen LogP contribution is -2.44. The first-order valence-corrected chi connectivity index (χ1v) is 3.38. The molecule has 0 saturated heterocycles. The first-order chi connectivity index (χ1) is 6.29. The van der Waals surface area contributed by atoms with Gasteiger partial charge in [0, 0.05) is 0 Å². The number of hydrogen-bond acceptors (Lipinski definition) is 4. The van der Waals surface area contributed by atoms with Crippen molar-refractivity contribution in [3.05, 3.63) is 0 Å². The zero-order chi connectivity index (χ0) is 11.4. The second-order valence-electron chi connectivity index (χ2n) is 2.00. The van der Waals surface area contributed by atoms with E-state index in [1.54, 1.807) is 0 Å². The van der Waals surface area contributed by atoms with Gasteiger partial charge < -0.3 is 4.74 Å². The van der Waals surface area contributed by atoms with Crippen molar-refractivity contribution in [1.29, 1.82) is 0 Å². The Hall–Kier alpha value is -1.60. The van der Waals surface area contributed by atoms with Gasteiger partial charge in [0.1, 0.15) is 0 Å². The Balaban J connectivity index is 4.21. The molecule has 0 rings (SSSR count). The number of carbonyl (C=O) groups is 3. The summed E-state index contributed by atoms with van der Waals surface area (Å²) in [6.07, 6.45) is -5.21. The van der Waals surface area contributed by atoms with E-state index in [2.05, 4.69) is 4.74 Å². The van der Waals surface area contributed by atoms with Gasteiger partial charge in [0.2, 0.25) is 0 Å². The van der Waals surface area contributed by atoms with Crippen molar-refractivity contribution >= 4 is 17.8 Å². The molecule has 1 N–H and O–H groups in total. The number of ether oxygens (including phenoxy) is 1. The van der Waals surface area contributed by atoms with Gasteiger partial charge in [0.15, 0.2) is 0 Å². The number of halogens is 3. The number of imide groups is 1. The van der Waals surface area contributed by atoms with E-state index in [0.29, 0.717) is 0 Å². The van der Waals surface area contributed by atoms with E-state index in [1.807, 2.05) is 0 Å². The molecule has 8 heteroatoms. The van der Waals surface area contributed by atoms with Crippen LogP contribution >= 0.6 is 0 Å². The van der Waals surface area contributed by atoms with Gasteiger partial charge in [0.25, 0.3) is 0 Å². The Bertz CT molecular complexity index is 260. The molecule has 0 aliphatic heterocycles. The van der Waals surface area contributed by atoms with Gasteiger partial charge in [-0.1, -0.05) is 0 Å². The summed E-state index contributed by atoms with van der Waals surface area (Å²) in [5.74, 6) is -5.78. The summed E-state index contributed by atoms with van der Waals surface area (Å²) in [5, 5.41) is 0.827. The fourth-order valence-corrected chi connectivity index (χ4v) is 0.422. The standard InChI is InChI=1S/C6H6F3NO4/c1-2-14-4(12)3(11)10-5(13)6(7,8)9/h2H2,1H3,(H,10,11,13). The highest BCUT2D eigenvalue weighted by Gasteiger charge is 2.40. The maximum absolute atomic E-state index is 11.5. The molecule has 80 valence electrons. The summed E-state index contributed by atoms with van der Waals surface area (Å²) in [5.41, 5.74) is 0. The van der Waals surface area contributed by atoms with Crippen LogP contribution in [-0.2, 0) is 19.1 Å². The van der Waals surface area contributed by atoms with Gasteiger partial charge in [0.05, 0.1) is 6.61 Å². The average molecular weight is 213 g/mol. The molecular weight excluding hydrogens is 207 g/mol. The number of esters is 1. The van der Waals surface area contributed by atoms with Crippen molar-refractivity contribution in [2.75, 3.05) is 6.61 Å². The van der Waals surface area contributed by atoms with Crippen LogP contribution in [0, 0.1) is 0 Å². The lowest BCUT2D eigenvalue weighted by Gasteiger charge is -2.05. The smallest absolute Gasteiger partial charge is 0.459 e. The predicted octanol–water partition coefficient (Wildman–Crippen LogP) is -0.245. The van der Waals surface area contributed by atoms with Crippen molar-refractivity contribution in [2.45, 2.75) is 13.1 Å². The normalized spacial score (nSPS) is 10.6. The van der Waals surface area contributed by atoms with Gasteiger partial charge in [-0.25, -0.2) is 4.79 Å². The average Bonchev–Trinajstić information content (AvgIpc) is 2.02. The second-order valence-corrected chi connectivity index (χ2v) is 2.00. The summed E-state index contributed by atoms with van der Waals surface area (Å²) < 4.78 is 38.7. The molecule has 0 aromatic carbocycles. The number of nitrogens with one attached hydrogen (secondary N) is 1. The number of amides is 2. The molecule has 0 saturated carbocycles. The maximum Gasteiger partial charge on any atom is 0.471 e. The molecule has 0 radical (unpaired) electrons. The summed E-state index contributed by atoms with van der Waals surface area (Å²) >= 11 is 0. The lowest BCUT2D eigenvalue weighted by molar-refractivity contribution is -0.176. The van der Waals surface area contributed by atoms with Gasteiger partial charge >= 0.3 is 24.0 Å². The van der Waals surface area contributed by atoms with Crippen LogP contribution in [0.15, 0.2) is 0 Å². The SMILES string of the molecule is CCOC(=O)C(=O)NC(=O)C(F)(F)F. The number of carbonyl (C=O) groups excluding carboxylic acids is 3. The zero-order valence-electron chi connectivity index (χ0n) is 6.97. The van der Waals surface area contributed by atoms with Crippen LogP contribution in [0.25, 0.3) is 0 Å². The molecule has 0 aromatic rings. The van der Waals surface area contributed by atoms with E-state index < -0.39 is 24.0 Å². The molecule has 0 aliphatic carbocycles. The molecule has 0 bridgehead atoms. The molecule has 14 heavy (non-hydrogen) atoms. The highest BCUT2D eigenvalue weighted by molar-refractivity contribution is 6.35. The molecular formula is C6H6F3NO4. The minimum atomic E-state index is -5.21. The predicted molar refractivity (Wildman–Crippen MR) is 35.8 cm³/mol. The Morgan fingerprint density at radius 3 is 2.14 bits per heavy atom. The van der Waals surface area contributed by atoms with Crippen molar-refractivity contribution in [3.8, 4) is 0 Å². The highest BCUT2D eigenvalue weighted by Crippen LogP contribution is 2.13. The third-order valence-electron chi connectivity index (χ3n) is 0.945. The maximum atomic E-state index is 11.5. The van der Waals surface area contributed by atoms with Gasteiger partial charge in [-0.15, -0.1) is 0 Å². The summed E-state index contributed by atoms with van der Waals surface area (Å²) in [6.45, 7) is 1.18. The number of rotatable bonds is 1. The topological polar surface area (TPSA) is 72.5 Å². The highest BCUT2D eigenvalue weighted by atomic mass is 19.4. The fourth-order valence-electron chi connectivity index (χ4n) is 0.422. The van der Waals surface area contributed by atoms with E-state index in [1.165, 1.54) is 6.92 Å². The fraction of sp³-hybridized carbons (Fsp3) is 0.500. The van der Waals surface area contributed by atoms with Crippen molar-refractivity contribution in [2.24, 2.45) is 0 Å². The van der Waals surface area contributed by atoms with E-state index >= 15 is 0 Å². The molecule has 5 nitrogen and oxygen atoms in total. The molecule has 0 heterocycles. The molecule has 0 spiro atoms. The summed E-state index contributed by atoms with van der Waals surface area (Å²) in [4.78, 5) is 31.1. The quantitative estimate of drug-likeness (QED) is 0.481. The molecule has 0 unspecified atom stereocenters. The Morgan fingerprint density at radius 1 is 1.29 bits per heavy atom. The third-order valence-corrected chi connectivity index (χ3v) is 0.945. The lowest BCUT2D eigenvalue weighted by atomic mass is 10.5. The van der Waals surface area contributed by atoms with Crippen molar-refractivity contribution < 1.29 is 32.3 Å². The minimum absolute atomic E-state index is 0.174. The molecule has 0 aliphatic rings. The van der Waals surface area contributed by atoms with Crippen LogP contribution in [0.5, 0.6) is 0 Å². The van der Waals surface area contributed by atoms with E-state index in [0.717, 1.165) is 5.32 Å². The van der Waals surface area contributed by atoms with Crippen LogP contribution in [-0.4, -0.2) is 30.6 Å². The molecule has 0 aromatic heterocycles. The monoisotopic (exact) mass is 213 g/mol.